The van der Waals surface area contributed by atoms with Gasteiger partial charge in [-0.25, -0.2) is 4.39 Å². The molecule has 19 heavy (non-hydrogen) atoms. The lowest BCUT2D eigenvalue weighted by molar-refractivity contribution is 0.286. The van der Waals surface area contributed by atoms with Gasteiger partial charge in [-0.1, -0.05) is 30.3 Å². The zero-order valence-electron chi connectivity index (χ0n) is 11.0. The van der Waals surface area contributed by atoms with Gasteiger partial charge in [-0.2, -0.15) is 0 Å². The number of para-hydroxylation sites is 1. The first-order chi connectivity index (χ1) is 9.13. The molecule has 0 fully saturated rings. The largest absolute Gasteiger partial charge is 0.485 e. The van der Waals surface area contributed by atoms with Crippen LogP contribution in [-0.4, -0.2) is 0 Å². The van der Waals surface area contributed by atoms with Crippen molar-refractivity contribution in [2.24, 2.45) is 0 Å². The molecule has 0 amide bonds. The van der Waals surface area contributed by atoms with Gasteiger partial charge in [0.25, 0.3) is 0 Å². The van der Waals surface area contributed by atoms with Crippen molar-refractivity contribution < 1.29 is 9.13 Å². The summed E-state index contributed by atoms with van der Waals surface area (Å²) < 4.78 is 19.4. The van der Waals surface area contributed by atoms with E-state index >= 15 is 0 Å². The number of hydrogen-bond acceptors (Lipinski definition) is 1. The summed E-state index contributed by atoms with van der Waals surface area (Å²) in [5.74, 6) is 0.115. The Hall–Kier alpha value is -1.54. The van der Waals surface area contributed by atoms with E-state index in [-0.39, 0.29) is 17.4 Å². The fourth-order valence-corrected chi connectivity index (χ4v) is 2.25. The first-order valence-electron chi connectivity index (χ1n) is 6.14. The van der Waals surface area contributed by atoms with Crippen molar-refractivity contribution in [3.63, 3.8) is 0 Å². The highest BCUT2D eigenvalue weighted by molar-refractivity contribution is 6.17. The molecule has 0 saturated heterocycles. The van der Waals surface area contributed by atoms with Crippen molar-refractivity contribution in [3.05, 3.63) is 64.5 Å². The second-order valence-electron chi connectivity index (χ2n) is 4.52. The van der Waals surface area contributed by atoms with Crippen LogP contribution >= 0.6 is 11.6 Å². The Kier molecular flexibility index (Phi) is 4.43. The third-order valence-corrected chi connectivity index (χ3v) is 3.49. The molecule has 2 aromatic carbocycles. The number of benzene rings is 2. The molecule has 2 aromatic rings. The number of alkyl halides is 1. The monoisotopic (exact) mass is 278 g/mol. The van der Waals surface area contributed by atoms with Crippen LogP contribution < -0.4 is 4.74 Å². The number of aryl methyl sites for hydroxylation is 2. The molecule has 0 atom stereocenters. The molecule has 0 spiro atoms. The van der Waals surface area contributed by atoms with E-state index in [2.05, 4.69) is 0 Å². The molecular weight excluding hydrogens is 263 g/mol. The minimum Gasteiger partial charge on any atom is -0.485 e. The van der Waals surface area contributed by atoms with E-state index in [1.54, 1.807) is 12.1 Å². The molecule has 0 aromatic heterocycles. The molecule has 1 nitrogen and oxygen atoms in total. The molecular formula is C16H16ClFO. The normalized spacial score (nSPS) is 10.5. The molecule has 3 heteroatoms. The first-order valence-corrected chi connectivity index (χ1v) is 6.68. The molecule has 0 aliphatic carbocycles. The van der Waals surface area contributed by atoms with Gasteiger partial charge in [0.15, 0.2) is 11.6 Å². The smallest absolute Gasteiger partial charge is 0.165 e. The van der Waals surface area contributed by atoms with E-state index < -0.39 is 0 Å². The van der Waals surface area contributed by atoms with Crippen LogP contribution in [0.1, 0.15) is 22.3 Å². The Morgan fingerprint density at radius 1 is 1.05 bits per heavy atom. The quantitative estimate of drug-likeness (QED) is 0.733. The zero-order valence-corrected chi connectivity index (χ0v) is 11.8. The maximum Gasteiger partial charge on any atom is 0.165 e. The van der Waals surface area contributed by atoms with E-state index in [1.807, 2.05) is 32.0 Å². The van der Waals surface area contributed by atoms with Gasteiger partial charge in [0, 0.05) is 5.56 Å². The summed E-state index contributed by atoms with van der Waals surface area (Å²) in [7, 11) is 0. The van der Waals surface area contributed by atoms with Gasteiger partial charge in [0.2, 0.25) is 0 Å². The first kappa shape index (κ1) is 13.9. The Morgan fingerprint density at radius 3 is 2.32 bits per heavy atom. The molecule has 0 aliphatic rings. The molecule has 100 valence electrons. The summed E-state index contributed by atoms with van der Waals surface area (Å²) in [6.07, 6.45) is 0. The minimum atomic E-state index is -0.371. The fraction of sp³-hybridized carbons (Fsp3) is 0.250. The van der Waals surface area contributed by atoms with E-state index in [0.29, 0.717) is 12.2 Å². The predicted octanol–water partition coefficient (Wildman–Crippen LogP) is 4.76. The summed E-state index contributed by atoms with van der Waals surface area (Å²) >= 11 is 5.80. The zero-order chi connectivity index (χ0) is 13.8. The van der Waals surface area contributed by atoms with Crippen LogP contribution in [0, 0.1) is 19.7 Å². The molecule has 0 bridgehead atoms. The van der Waals surface area contributed by atoms with Crippen LogP contribution in [0.4, 0.5) is 4.39 Å². The van der Waals surface area contributed by atoms with E-state index in [4.69, 9.17) is 16.3 Å². The van der Waals surface area contributed by atoms with Crippen molar-refractivity contribution >= 4 is 11.6 Å². The number of rotatable bonds is 4. The number of halogens is 2. The average molecular weight is 279 g/mol. The van der Waals surface area contributed by atoms with Gasteiger partial charge in [-0.05, 0) is 36.6 Å². The molecule has 0 unspecified atom stereocenters. The molecule has 0 N–H and O–H groups in total. The van der Waals surface area contributed by atoms with Gasteiger partial charge in [-0.15, -0.1) is 11.6 Å². The van der Waals surface area contributed by atoms with Crippen LogP contribution in [0.25, 0.3) is 0 Å². The molecule has 2 rings (SSSR count). The Balaban J connectivity index is 2.24. The molecule has 0 aliphatic heterocycles. The number of hydrogen-bond donors (Lipinski definition) is 0. The lowest BCUT2D eigenvalue weighted by atomic mass is 10.0. The van der Waals surface area contributed by atoms with Crippen LogP contribution in [-0.2, 0) is 12.5 Å². The van der Waals surface area contributed by atoms with Crippen molar-refractivity contribution in [2.75, 3.05) is 0 Å². The Morgan fingerprint density at radius 2 is 1.68 bits per heavy atom. The molecule has 0 radical (unpaired) electrons. The minimum absolute atomic E-state index is 0.236. The second kappa shape index (κ2) is 6.07. The molecule has 0 saturated carbocycles. The van der Waals surface area contributed by atoms with Gasteiger partial charge in [0.1, 0.15) is 6.61 Å². The van der Waals surface area contributed by atoms with Crippen LogP contribution in [0.5, 0.6) is 5.75 Å². The van der Waals surface area contributed by atoms with Crippen LogP contribution in [0.3, 0.4) is 0 Å². The Labute approximate surface area is 118 Å². The van der Waals surface area contributed by atoms with Crippen molar-refractivity contribution in [1.82, 2.24) is 0 Å². The van der Waals surface area contributed by atoms with Gasteiger partial charge in [-0.3, -0.25) is 0 Å². The summed E-state index contributed by atoms with van der Waals surface area (Å²) in [5, 5.41) is 0. The van der Waals surface area contributed by atoms with Crippen molar-refractivity contribution in [2.45, 2.75) is 26.3 Å². The lowest BCUT2D eigenvalue weighted by Crippen LogP contribution is -2.03. The lowest BCUT2D eigenvalue weighted by Gasteiger charge is -2.14. The summed E-state index contributed by atoms with van der Waals surface area (Å²) in [5.41, 5.74) is 4.05. The van der Waals surface area contributed by atoms with E-state index in [0.717, 1.165) is 16.7 Å². The predicted molar refractivity (Wildman–Crippen MR) is 76.2 cm³/mol. The van der Waals surface area contributed by atoms with Gasteiger partial charge < -0.3 is 4.74 Å². The highest BCUT2D eigenvalue weighted by atomic mass is 35.5. The van der Waals surface area contributed by atoms with E-state index in [9.17, 15) is 4.39 Å². The fourth-order valence-electron chi connectivity index (χ4n) is 2.04. The molecule has 0 heterocycles. The van der Waals surface area contributed by atoms with Gasteiger partial charge >= 0.3 is 0 Å². The van der Waals surface area contributed by atoms with E-state index in [1.165, 1.54) is 6.07 Å². The highest BCUT2D eigenvalue weighted by Gasteiger charge is 2.10. The maximum atomic E-state index is 13.8. The van der Waals surface area contributed by atoms with Crippen molar-refractivity contribution in [3.8, 4) is 5.75 Å². The van der Waals surface area contributed by atoms with Crippen LogP contribution in [0.15, 0.2) is 36.4 Å². The summed E-state index contributed by atoms with van der Waals surface area (Å²) in [4.78, 5) is 0. The third-order valence-electron chi connectivity index (χ3n) is 3.20. The highest BCUT2D eigenvalue weighted by Crippen LogP contribution is 2.26. The SMILES string of the molecule is Cc1cccc(C)c1COc1c(F)cccc1CCl. The third kappa shape index (κ3) is 3.07. The average Bonchev–Trinajstić information content (AvgIpc) is 2.39. The topological polar surface area (TPSA) is 9.23 Å². The number of ether oxygens (including phenoxy) is 1. The van der Waals surface area contributed by atoms with Gasteiger partial charge in [0.05, 0.1) is 5.88 Å². The standard InChI is InChI=1S/C16H16ClFO/c1-11-5-3-6-12(2)14(11)10-19-16-13(9-17)7-4-8-15(16)18/h3-8H,9-10H2,1-2H3. The maximum absolute atomic E-state index is 13.8. The van der Waals surface area contributed by atoms with Crippen molar-refractivity contribution in [1.29, 1.82) is 0 Å². The summed E-state index contributed by atoms with van der Waals surface area (Å²) in [6.45, 7) is 4.40. The Bertz CT molecular complexity index is 561. The van der Waals surface area contributed by atoms with Crippen LogP contribution in [0.2, 0.25) is 0 Å². The summed E-state index contributed by atoms with van der Waals surface area (Å²) in [6, 6.07) is 10.8. The second-order valence-corrected chi connectivity index (χ2v) is 4.79.